The maximum atomic E-state index is 13.7. The summed E-state index contributed by atoms with van der Waals surface area (Å²) in [6.07, 6.45) is 5.07. The molecule has 0 aliphatic heterocycles. The van der Waals surface area contributed by atoms with E-state index in [1.807, 2.05) is 4.40 Å². The average molecular weight is 418 g/mol. The normalized spacial score (nSPS) is 11.0. The van der Waals surface area contributed by atoms with Gasteiger partial charge >= 0.3 is 0 Å². The summed E-state index contributed by atoms with van der Waals surface area (Å²) >= 11 is 6.43. The zero-order chi connectivity index (χ0) is 15.0. The van der Waals surface area contributed by atoms with Crippen LogP contribution in [-0.4, -0.2) is 14.4 Å². The summed E-state index contributed by atoms with van der Waals surface area (Å²) in [5.41, 5.74) is 1.72. The van der Waals surface area contributed by atoms with Gasteiger partial charge in [-0.15, -0.1) is 0 Å². The Labute approximate surface area is 135 Å². The number of benzene rings is 1. The summed E-state index contributed by atoms with van der Waals surface area (Å²) in [5.74, 6) is -1.28. The first kappa shape index (κ1) is 14.4. The van der Waals surface area contributed by atoms with Crippen molar-refractivity contribution in [1.82, 2.24) is 14.4 Å². The fraction of sp³-hybridized carbons (Fsp3) is 0.0769. The highest BCUT2D eigenvalue weighted by atomic mass is 79.9. The molecule has 0 radical (unpaired) electrons. The molecule has 0 aliphatic rings. The number of nitrogens with one attached hydrogen (secondary N) is 1. The second kappa shape index (κ2) is 5.69. The molecular formula is C13H8Br2F2N4. The lowest BCUT2D eigenvalue weighted by atomic mass is 10.3. The van der Waals surface area contributed by atoms with Gasteiger partial charge in [-0.3, -0.25) is 4.40 Å². The zero-order valence-electron chi connectivity index (χ0n) is 10.4. The van der Waals surface area contributed by atoms with E-state index in [0.29, 0.717) is 21.3 Å². The van der Waals surface area contributed by atoms with Crippen molar-refractivity contribution in [2.24, 2.45) is 0 Å². The van der Waals surface area contributed by atoms with Crippen molar-refractivity contribution in [1.29, 1.82) is 0 Å². The minimum Gasteiger partial charge on any atom is -0.376 e. The molecule has 0 unspecified atom stereocenters. The lowest BCUT2D eigenvalue weighted by molar-refractivity contribution is 0.583. The lowest BCUT2D eigenvalue weighted by Gasteiger charge is -2.10. The topological polar surface area (TPSA) is 42.2 Å². The molecule has 0 spiro atoms. The highest BCUT2D eigenvalue weighted by Gasteiger charge is 2.11. The second-order valence-electron chi connectivity index (χ2n) is 4.29. The Bertz CT molecular complexity index is 796. The summed E-state index contributed by atoms with van der Waals surface area (Å²) in [6, 6.07) is 2.04. The van der Waals surface area contributed by atoms with E-state index in [0.717, 1.165) is 11.8 Å². The van der Waals surface area contributed by atoms with E-state index in [1.54, 1.807) is 18.6 Å². The van der Waals surface area contributed by atoms with Gasteiger partial charge in [0.25, 0.3) is 0 Å². The van der Waals surface area contributed by atoms with Gasteiger partial charge in [0.05, 0.1) is 30.3 Å². The molecule has 8 heteroatoms. The molecule has 1 aromatic carbocycles. The molecule has 0 bridgehead atoms. The van der Waals surface area contributed by atoms with Crippen molar-refractivity contribution < 1.29 is 8.78 Å². The fourth-order valence-electron chi connectivity index (χ4n) is 1.94. The van der Waals surface area contributed by atoms with Gasteiger partial charge in [-0.05, 0) is 37.9 Å². The van der Waals surface area contributed by atoms with Gasteiger partial charge in [-0.25, -0.2) is 18.7 Å². The number of rotatable bonds is 3. The van der Waals surface area contributed by atoms with Crippen LogP contribution in [0.4, 0.5) is 14.5 Å². The molecule has 0 saturated carbocycles. The van der Waals surface area contributed by atoms with Crippen molar-refractivity contribution in [2.45, 2.75) is 6.54 Å². The smallest absolute Gasteiger partial charge is 0.155 e. The third-order valence-electron chi connectivity index (χ3n) is 2.89. The molecular weight excluding hydrogens is 410 g/mol. The largest absolute Gasteiger partial charge is 0.376 e. The molecule has 2 heterocycles. The van der Waals surface area contributed by atoms with Crippen molar-refractivity contribution in [3.63, 3.8) is 0 Å². The molecule has 0 atom stereocenters. The number of aromatic nitrogens is 3. The van der Waals surface area contributed by atoms with Crippen LogP contribution in [0.2, 0.25) is 0 Å². The Morgan fingerprint density at radius 3 is 2.71 bits per heavy atom. The summed E-state index contributed by atoms with van der Waals surface area (Å²) in [5, 5.41) is 2.94. The van der Waals surface area contributed by atoms with Crippen LogP contribution in [0, 0.1) is 11.6 Å². The second-order valence-corrected chi connectivity index (χ2v) is 5.95. The lowest BCUT2D eigenvalue weighted by Crippen LogP contribution is -2.05. The summed E-state index contributed by atoms with van der Waals surface area (Å²) in [7, 11) is 0. The van der Waals surface area contributed by atoms with Crippen LogP contribution >= 0.6 is 31.9 Å². The van der Waals surface area contributed by atoms with Crippen LogP contribution in [0.5, 0.6) is 0 Å². The summed E-state index contributed by atoms with van der Waals surface area (Å²) < 4.78 is 29.6. The first-order valence-corrected chi connectivity index (χ1v) is 7.49. The van der Waals surface area contributed by atoms with Crippen molar-refractivity contribution in [3.8, 4) is 0 Å². The standard InChI is InChI=1S/C13H8Br2F2N4/c14-9-1-7(16)2-10(17)13(9)20-4-8-3-19-12-5-18-11(15)6-21(8)12/h1-3,5-6,20H,4H2. The molecule has 3 rings (SSSR count). The Kier molecular flexibility index (Phi) is 3.90. The first-order chi connectivity index (χ1) is 10.0. The molecule has 21 heavy (non-hydrogen) atoms. The van der Waals surface area contributed by atoms with E-state index in [-0.39, 0.29) is 5.69 Å². The van der Waals surface area contributed by atoms with Crippen LogP contribution in [0.3, 0.4) is 0 Å². The third kappa shape index (κ3) is 2.91. The molecule has 0 saturated heterocycles. The Morgan fingerprint density at radius 2 is 1.95 bits per heavy atom. The molecule has 0 fully saturated rings. The Morgan fingerprint density at radius 1 is 1.14 bits per heavy atom. The Balaban J connectivity index is 1.89. The number of halogens is 4. The summed E-state index contributed by atoms with van der Waals surface area (Å²) in [6.45, 7) is 0.332. The number of imidazole rings is 1. The van der Waals surface area contributed by atoms with E-state index < -0.39 is 11.6 Å². The Hall–Kier alpha value is -1.54. The van der Waals surface area contributed by atoms with Gasteiger partial charge in [-0.1, -0.05) is 0 Å². The number of nitrogens with zero attached hydrogens (tertiary/aromatic N) is 3. The fourth-order valence-corrected chi connectivity index (χ4v) is 2.79. The molecule has 4 nitrogen and oxygen atoms in total. The van der Waals surface area contributed by atoms with Crippen LogP contribution in [0.15, 0.2) is 39.8 Å². The minimum atomic E-state index is -0.654. The average Bonchev–Trinajstić information content (AvgIpc) is 2.80. The maximum absolute atomic E-state index is 13.7. The van der Waals surface area contributed by atoms with Crippen LogP contribution < -0.4 is 5.32 Å². The SMILES string of the molecule is Fc1cc(F)c(NCc2cnc3cnc(Br)cn23)c(Br)c1. The molecule has 2 aromatic heterocycles. The molecule has 0 amide bonds. The van der Waals surface area contributed by atoms with E-state index in [4.69, 9.17) is 0 Å². The number of anilines is 1. The van der Waals surface area contributed by atoms with Gasteiger partial charge in [0, 0.05) is 16.7 Å². The molecule has 108 valence electrons. The van der Waals surface area contributed by atoms with Crippen molar-refractivity contribution in [3.05, 3.63) is 57.1 Å². The summed E-state index contributed by atoms with van der Waals surface area (Å²) in [4.78, 5) is 8.29. The number of fused-ring (bicyclic) bond motifs is 1. The van der Waals surface area contributed by atoms with Crippen molar-refractivity contribution in [2.75, 3.05) is 5.32 Å². The zero-order valence-corrected chi connectivity index (χ0v) is 13.6. The van der Waals surface area contributed by atoms with Gasteiger partial charge in [0.15, 0.2) is 5.65 Å². The van der Waals surface area contributed by atoms with E-state index in [1.165, 1.54) is 6.07 Å². The molecule has 1 N–H and O–H groups in total. The van der Waals surface area contributed by atoms with E-state index >= 15 is 0 Å². The molecule has 0 aliphatic carbocycles. The monoisotopic (exact) mass is 416 g/mol. The van der Waals surface area contributed by atoms with Crippen molar-refractivity contribution >= 4 is 43.2 Å². The van der Waals surface area contributed by atoms with Gasteiger partial charge in [0.2, 0.25) is 0 Å². The third-order valence-corrected chi connectivity index (χ3v) is 3.93. The van der Waals surface area contributed by atoms with Gasteiger partial charge in [0.1, 0.15) is 16.2 Å². The van der Waals surface area contributed by atoms with Gasteiger partial charge in [-0.2, -0.15) is 0 Å². The first-order valence-electron chi connectivity index (χ1n) is 5.90. The predicted molar refractivity (Wildman–Crippen MR) is 82.1 cm³/mol. The predicted octanol–water partition coefficient (Wildman–Crippen LogP) is 4.14. The van der Waals surface area contributed by atoms with E-state index in [2.05, 4.69) is 47.1 Å². The van der Waals surface area contributed by atoms with E-state index in [9.17, 15) is 8.78 Å². The quantitative estimate of drug-likeness (QED) is 0.696. The number of hydrogen-bond donors (Lipinski definition) is 1. The van der Waals surface area contributed by atoms with Gasteiger partial charge < -0.3 is 5.32 Å². The maximum Gasteiger partial charge on any atom is 0.155 e. The van der Waals surface area contributed by atoms with Crippen LogP contribution in [-0.2, 0) is 6.54 Å². The highest BCUT2D eigenvalue weighted by Crippen LogP contribution is 2.27. The van der Waals surface area contributed by atoms with Crippen LogP contribution in [0.1, 0.15) is 5.69 Å². The minimum absolute atomic E-state index is 0.208. The van der Waals surface area contributed by atoms with Crippen LogP contribution in [0.25, 0.3) is 5.65 Å². The highest BCUT2D eigenvalue weighted by molar-refractivity contribution is 9.10. The molecule has 3 aromatic rings. The number of hydrogen-bond acceptors (Lipinski definition) is 3.